The van der Waals surface area contributed by atoms with Crippen LogP contribution in [0.15, 0.2) is 12.7 Å². The topological polar surface area (TPSA) is 37.3 Å². The first-order valence-corrected chi connectivity index (χ1v) is 5.98. The summed E-state index contributed by atoms with van der Waals surface area (Å²) in [5.41, 5.74) is 0. The average molecular weight is 210 g/mol. The van der Waals surface area contributed by atoms with Crippen LogP contribution in [0.25, 0.3) is 0 Å². The summed E-state index contributed by atoms with van der Waals surface area (Å²) in [6.07, 6.45) is 8.11. The molecule has 0 bridgehead atoms. The number of aliphatic carboxylic acids is 1. The van der Waals surface area contributed by atoms with Crippen LogP contribution in [0, 0.1) is 17.8 Å². The van der Waals surface area contributed by atoms with Crippen LogP contribution in [0.1, 0.15) is 45.4 Å². The Kier molecular flexibility index (Phi) is 4.86. The predicted molar refractivity (Wildman–Crippen MR) is 61.7 cm³/mol. The molecule has 0 heterocycles. The van der Waals surface area contributed by atoms with Crippen LogP contribution in [0.5, 0.6) is 0 Å². The van der Waals surface area contributed by atoms with Crippen LogP contribution in [0.4, 0.5) is 0 Å². The van der Waals surface area contributed by atoms with Crippen LogP contribution in [0.2, 0.25) is 0 Å². The quantitative estimate of drug-likeness (QED) is 0.557. The SMILES string of the molecule is C=CCCCC1CC(C)CCC1C(=O)O. The van der Waals surface area contributed by atoms with E-state index >= 15 is 0 Å². The van der Waals surface area contributed by atoms with Crippen LogP contribution >= 0.6 is 0 Å². The van der Waals surface area contributed by atoms with Gasteiger partial charge in [-0.2, -0.15) is 0 Å². The number of carbonyl (C=O) groups is 1. The Morgan fingerprint density at radius 2 is 2.27 bits per heavy atom. The van der Waals surface area contributed by atoms with E-state index < -0.39 is 5.97 Å². The van der Waals surface area contributed by atoms with Crippen LogP contribution in [-0.4, -0.2) is 11.1 Å². The molecule has 3 unspecified atom stereocenters. The third kappa shape index (κ3) is 3.69. The van der Waals surface area contributed by atoms with Crippen molar-refractivity contribution < 1.29 is 9.90 Å². The monoisotopic (exact) mass is 210 g/mol. The molecular formula is C13H22O2. The molecule has 1 saturated carbocycles. The van der Waals surface area contributed by atoms with Crippen molar-refractivity contribution in [2.75, 3.05) is 0 Å². The zero-order valence-corrected chi connectivity index (χ0v) is 9.61. The minimum absolute atomic E-state index is 0.0917. The Morgan fingerprint density at radius 1 is 1.53 bits per heavy atom. The van der Waals surface area contributed by atoms with E-state index in [1.807, 2.05) is 6.08 Å². The van der Waals surface area contributed by atoms with Crippen molar-refractivity contribution in [3.8, 4) is 0 Å². The molecule has 1 N–H and O–H groups in total. The first kappa shape index (κ1) is 12.3. The van der Waals surface area contributed by atoms with Crippen molar-refractivity contribution in [3.05, 3.63) is 12.7 Å². The molecule has 2 heteroatoms. The standard InChI is InChI=1S/C13H22O2/c1-3-4-5-6-11-9-10(2)7-8-12(11)13(14)15/h3,10-12H,1,4-9H2,2H3,(H,14,15). The van der Waals surface area contributed by atoms with Gasteiger partial charge in [0.25, 0.3) is 0 Å². The number of rotatable bonds is 5. The van der Waals surface area contributed by atoms with E-state index in [2.05, 4.69) is 13.5 Å². The Balaban J connectivity index is 2.46. The molecule has 15 heavy (non-hydrogen) atoms. The highest BCUT2D eigenvalue weighted by Crippen LogP contribution is 2.36. The third-order valence-electron chi connectivity index (χ3n) is 3.54. The largest absolute Gasteiger partial charge is 0.481 e. The summed E-state index contributed by atoms with van der Waals surface area (Å²) in [5.74, 6) is 0.414. The second-order valence-corrected chi connectivity index (χ2v) is 4.84. The van der Waals surface area contributed by atoms with Crippen LogP contribution in [-0.2, 0) is 4.79 Å². The maximum Gasteiger partial charge on any atom is 0.306 e. The second-order valence-electron chi connectivity index (χ2n) is 4.84. The predicted octanol–water partition coefficient (Wildman–Crippen LogP) is 3.48. The number of allylic oxidation sites excluding steroid dienone is 1. The smallest absolute Gasteiger partial charge is 0.306 e. The van der Waals surface area contributed by atoms with Crippen molar-refractivity contribution in [2.45, 2.75) is 45.4 Å². The molecule has 0 spiro atoms. The van der Waals surface area contributed by atoms with Gasteiger partial charge in [-0.1, -0.05) is 13.0 Å². The van der Waals surface area contributed by atoms with Crippen molar-refractivity contribution in [3.63, 3.8) is 0 Å². The summed E-state index contributed by atoms with van der Waals surface area (Å²) in [5, 5.41) is 9.13. The molecule has 0 aliphatic heterocycles. The molecule has 0 aromatic heterocycles. The average Bonchev–Trinajstić information content (AvgIpc) is 2.18. The highest BCUT2D eigenvalue weighted by Gasteiger charge is 2.32. The maximum atomic E-state index is 11.1. The fourth-order valence-corrected chi connectivity index (χ4v) is 2.67. The van der Waals surface area contributed by atoms with Gasteiger partial charge in [0, 0.05) is 0 Å². The van der Waals surface area contributed by atoms with Gasteiger partial charge < -0.3 is 5.11 Å². The number of carboxylic acid groups (broad SMARTS) is 1. The summed E-state index contributed by atoms with van der Waals surface area (Å²) in [6, 6.07) is 0. The minimum Gasteiger partial charge on any atom is -0.481 e. The van der Waals surface area contributed by atoms with E-state index in [0.717, 1.165) is 38.5 Å². The van der Waals surface area contributed by atoms with E-state index in [1.54, 1.807) is 0 Å². The summed E-state index contributed by atoms with van der Waals surface area (Å²) in [7, 11) is 0. The van der Waals surface area contributed by atoms with Crippen molar-refractivity contribution >= 4 is 5.97 Å². The number of unbranched alkanes of at least 4 members (excludes halogenated alkanes) is 1. The lowest BCUT2D eigenvalue weighted by Gasteiger charge is -2.32. The van der Waals surface area contributed by atoms with Gasteiger partial charge in [0.1, 0.15) is 0 Å². The lowest BCUT2D eigenvalue weighted by atomic mass is 9.72. The van der Waals surface area contributed by atoms with E-state index in [-0.39, 0.29) is 5.92 Å². The first-order chi connectivity index (χ1) is 7.15. The van der Waals surface area contributed by atoms with Crippen LogP contribution < -0.4 is 0 Å². The normalized spacial score (nSPS) is 31.1. The molecule has 1 rings (SSSR count). The van der Waals surface area contributed by atoms with Gasteiger partial charge in [0.2, 0.25) is 0 Å². The van der Waals surface area contributed by atoms with Gasteiger partial charge in [0.15, 0.2) is 0 Å². The minimum atomic E-state index is -0.592. The van der Waals surface area contributed by atoms with Crippen molar-refractivity contribution in [2.24, 2.45) is 17.8 Å². The van der Waals surface area contributed by atoms with Crippen molar-refractivity contribution in [1.82, 2.24) is 0 Å². The molecule has 0 saturated heterocycles. The van der Waals surface area contributed by atoms with Gasteiger partial charge in [-0.05, 0) is 50.4 Å². The Labute approximate surface area is 92.4 Å². The molecule has 0 aromatic carbocycles. The number of hydrogen-bond donors (Lipinski definition) is 1. The lowest BCUT2D eigenvalue weighted by molar-refractivity contribution is -0.145. The molecule has 0 aromatic rings. The van der Waals surface area contributed by atoms with Gasteiger partial charge in [-0.3, -0.25) is 4.79 Å². The summed E-state index contributed by atoms with van der Waals surface area (Å²) >= 11 is 0. The molecule has 3 atom stereocenters. The van der Waals surface area contributed by atoms with Gasteiger partial charge in [0.05, 0.1) is 5.92 Å². The Morgan fingerprint density at radius 3 is 2.87 bits per heavy atom. The Hall–Kier alpha value is -0.790. The summed E-state index contributed by atoms with van der Waals surface area (Å²) < 4.78 is 0. The van der Waals surface area contributed by atoms with E-state index in [0.29, 0.717) is 11.8 Å². The number of hydrogen-bond acceptors (Lipinski definition) is 1. The molecule has 2 nitrogen and oxygen atoms in total. The highest BCUT2D eigenvalue weighted by molar-refractivity contribution is 5.70. The molecule has 0 radical (unpaired) electrons. The molecule has 86 valence electrons. The number of carboxylic acids is 1. The lowest BCUT2D eigenvalue weighted by Crippen LogP contribution is -2.29. The first-order valence-electron chi connectivity index (χ1n) is 5.98. The molecule has 0 amide bonds. The third-order valence-corrected chi connectivity index (χ3v) is 3.54. The van der Waals surface area contributed by atoms with Crippen molar-refractivity contribution in [1.29, 1.82) is 0 Å². The van der Waals surface area contributed by atoms with E-state index in [1.165, 1.54) is 0 Å². The fourth-order valence-electron chi connectivity index (χ4n) is 2.67. The fraction of sp³-hybridized carbons (Fsp3) is 0.769. The zero-order valence-electron chi connectivity index (χ0n) is 9.61. The second kappa shape index (κ2) is 5.94. The maximum absolute atomic E-state index is 11.1. The van der Waals surface area contributed by atoms with Gasteiger partial charge >= 0.3 is 5.97 Å². The van der Waals surface area contributed by atoms with Gasteiger partial charge in [-0.25, -0.2) is 0 Å². The molecular weight excluding hydrogens is 188 g/mol. The molecule has 1 fully saturated rings. The molecule has 1 aliphatic rings. The molecule has 1 aliphatic carbocycles. The summed E-state index contributed by atoms with van der Waals surface area (Å²) in [6.45, 7) is 5.93. The van der Waals surface area contributed by atoms with E-state index in [9.17, 15) is 4.79 Å². The van der Waals surface area contributed by atoms with E-state index in [4.69, 9.17) is 5.11 Å². The zero-order chi connectivity index (χ0) is 11.3. The summed E-state index contributed by atoms with van der Waals surface area (Å²) in [4.78, 5) is 11.1. The Bertz CT molecular complexity index is 223. The van der Waals surface area contributed by atoms with Gasteiger partial charge in [-0.15, -0.1) is 6.58 Å². The van der Waals surface area contributed by atoms with Crippen LogP contribution in [0.3, 0.4) is 0 Å². The highest BCUT2D eigenvalue weighted by atomic mass is 16.4.